The van der Waals surface area contributed by atoms with Crippen LogP contribution in [0.25, 0.3) is 10.9 Å². The van der Waals surface area contributed by atoms with Crippen LogP contribution in [0.15, 0.2) is 24.3 Å². The van der Waals surface area contributed by atoms with Crippen LogP contribution < -0.4 is 5.32 Å². The van der Waals surface area contributed by atoms with E-state index in [1.165, 1.54) is 22.2 Å². The lowest BCUT2D eigenvalue weighted by Crippen LogP contribution is -2.44. The molecule has 1 saturated heterocycles. The van der Waals surface area contributed by atoms with E-state index < -0.39 is 0 Å². The van der Waals surface area contributed by atoms with Crippen molar-refractivity contribution >= 4 is 16.8 Å². The van der Waals surface area contributed by atoms with Crippen molar-refractivity contribution in [2.24, 2.45) is 0 Å². The summed E-state index contributed by atoms with van der Waals surface area (Å²) < 4.78 is 0. The molecule has 4 rings (SSSR count). The number of hydrogen-bond acceptors (Lipinski definition) is 3. The molecule has 25 heavy (non-hydrogen) atoms. The molecule has 2 aliphatic heterocycles. The number of para-hydroxylation sites is 1. The number of piperazine rings is 1. The van der Waals surface area contributed by atoms with Gasteiger partial charge in [-0.2, -0.15) is 0 Å². The molecular formula is C20H28N4O. The van der Waals surface area contributed by atoms with Gasteiger partial charge in [-0.3, -0.25) is 4.79 Å². The van der Waals surface area contributed by atoms with Gasteiger partial charge in [-0.15, -0.1) is 0 Å². The molecule has 0 radical (unpaired) electrons. The molecule has 0 spiro atoms. The van der Waals surface area contributed by atoms with Crippen LogP contribution in [0.3, 0.4) is 0 Å². The zero-order valence-electron chi connectivity index (χ0n) is 15.1. The van der Waals surface area contributed by atoms with Crippen LogP contribution in [-0.2, 0) is 11.2 Å². The number of aromatic nitrogens is 1. The third-order valence-electron chi connectivity index (χ3n) is 5.72. The Hall–Kier alpha value is -1.85. The maximum absolute atomic E-state index is 12.2. The highest BCUT2D eigenvalue weighted by atomic mass is 16.2. The lowest BCUT2D eigenvalue weighted by atomic mass is 9.94. The highest BCUT2D eigenvalue weighted by Crippen LogP contribution is 2.36. The fourth-order valence-corrected chi connectivity index (χ4v) is 4.44. The molecule has 2 N–H and O–H groups in total. The fourth-order valence-electron chi connectivity index (χ4n) is 4.44. The first-order valence-corrected chi connectivity index (χ1v) is 9.54. The number of amides is 1. The topological polar surface area (TPSA) is 51.4 Å². The molecule has 1 aromatic carbocycles. The molecule has 0 saturated carbocycles. The van der Waals surface area contributed by atoms with Crippen LogP contribution in [-0.4, -0.2) is 60.0 Å². The number of rotatable bonds is 4. The van der Waals surface area contributed by atoms with E-state index >= 15 is 0 Å². The van der Waals surface area contributed by atoms with Gasteiger partial charge >= 0.3 is 0 Å². The van der Waals surface area contributed by atoms with Crippen LogP contribution in [0.4, 0.5) is 0 Å². The van der Waals surface area contributed by atoms with Crippen molar-refractivity contribution in [3.63, 3.8) is 0 Å². The Bertz CT molecular complexity index is 747. The van der Waals surface area contributed by atoms with E-state index in [4.69, 9.17) is 0 Å². The van der Waals surface area contributed by atoms with Gasteiger partial charge in [0.05, 0.1) is 6.04 Å². The third kappa shape index (κ3) is 3.31. The molecule has 2 aliphatic rings. The Kier molecular flexibility index (Phi) is 4.77. The van der Waals surface area contributed by atoms with E-state index in [0.29, 0.717) is 0 Å². The van der Waals surface area contributed by atoms with Gasteiger partial charge in [0.2, 0.25) is 5.91 Å². The monoisotopic (exact) mass is 340 g/mol. The molecule has 1 amide bonds. The summed E-state index contributed by atoms with van der Waals surface area (Å²) in [7, 11) is 0. The van der Waals surface area contributed by atoms with Crippen molar-refractivity contribution in [1.29, 1.82) is 0 Å². The summed E-state index contributed by atoms with van der Waals surface area (Å²) in [6, 6.07) is 8.71. The van der Waals surface area contributed by atoms with Crippen molar-refractivity contribution in [1.82, 2.24) is 20.1 Å². The maximum atomic E-state index is 12.2. The zero-order valence-corrected chi connectivity index (χ0v) is 15.1. The molecular weight excluding hydrogens is 312 g/mol. The summed E-state index contributed by atoms with van der Waals surface area (Å²) in [6.45, 7) is 8.13. The summed E-state index contributed by atoms with van der Waals surface area (Å²) in [5, 5.41) is 4.73. The molecule has 5 heteroatoms. The Labute approximate surface area is 149 Å². The third-order valence-corrected chi connectivity index (χ3v) is 5.72. The maximum Gasteiger partial charge on any atom is 0.220 e. The second-order valence-electron chi connectivity index (χ2n) is 7.27. The first kappa shape index (κ1) is 16.6. The Balaban J connectivity index is 1.53. The molecule has 2 aromatic rings. The summed E-state index contributed by atoms with van der Waals surface area (Å²) in [4.78, 5) is 20.4. The molecule has 1 aromatic heterocycles. The van der Waals surface area contributed by atoms with Gasteiger partial charge in [0.25, 0.3) is 0 Å². The zero-order chi connectivity index (χ0) is 17.2. The van der Waals surface area contributed by atoms with Gasteiger partial charge in [0.1, 0.15) is 0 Å². The highest BCUT2D eigenvalue weighted by molar-refractivity contribution is 5.86. The van der Waals surface area contributed by atoms with Crippen LogP contribution in [0.2, 0.25) is 0 Å². The molecule has 0 aliphatic carbocycles. The number of aromatic amines is 1. The SMILES string of the molecule is CC(=O)N1CCc2c([nH]c3ccccc23)C1CCCN1CCNCC1. The van der Waals surface area contributed by atoms with E-state index in [1.807, 2.05) is 0 Å². The van der Waals surface area contributed by atoms with Gasteiger partial charge in [0, 0.05) is 56.2 Å². The van der Waals surface area contributed by atoms with E-state index in [-0.39, 0.29) is 11.9 Å². The second kappa shape index (κ2) is 7.18. The fraction of sp³-hybridized carbons (Fsp3) is 0.550. The normalized spacial score (nSPS) is 21.5. The summed E-state index contributed by atoms with van der Waals surface area (Å²) >= 11 is 0. The second-order valence-corrected chi connectivity index (χ2v) is 7.27. The van der Waals surface area contributed by atoms with Gasteiger partial charge in [-0.25, -0.2) is 0 Å². The predicted octanol–water partition coefficient (Wildman–Crippen LogP) is 2.30. The van der Waals surface area contributed by atoms with Crippen molar-refractivity contribution in [2.75, 3.05) is 39.3 Å². The smallest absolute Gasteiger partial charge is 0.220 e. The standard InChI is InChI=1S/C20H28N4O/c1-15(25)24-12-8-17-16-5-2-3-6-18(16)22-20(17)19(24)7-4-11-23-13-9-21-10-14-23/h2-3,5-6,19,21-22H,4,7-14H2,1H3. The summed E-state index contributed by atoms with van der Waals surface area (Å²) in [5.41, 5.74) is 3.88. The number of nitrogens with one attached hydrogen (secondary N) is 2. The highest BCUT2D eigenvalue weighted by Gasteiger charge is 2.31. The largest absolute Gasteiger partial charge is 0.356 e. The van der Waals surface area contributed by atoms with E-state index in [1.54, 1.807) is 6.92 Å². The van der Waals surface area contributed by atoms with Crippen LogP contribution >= 0.6 is 0 Å². The average molecular weight is 340 g/mol. The number of nitrogens with zero attached hydrogens (tertiary/aromatic N) is 2. The summed E-state index contributed by atoms with van der Waals surface area (Å²) in [6.07, 6.45) is 3.11. The quantitative estimate of drug-likeness (QED) is 0.898. The molecule has 5 nitrogen and oxygen atoms in total. The minimum Gasteiger partial charge on any atom is -0.356 e. The number of fused-ring (bicyclic) bond motifs is 3. The average Bonchev–Trinajstić information content (AvgIpc) is 3.01. The number of benzene rings is 1. The van der Waals surface area contributed by atoms with Gasteiger partial charge < -0.3 is 20.1 Å². The predicted molar refractivity (Wildman–Crippen MR) is 101 cm³/mol. The molecule has 1 unspecified atom stereocenters. The summed E-state index contributed by atoms with van der Waals surface area (Å²) in [5.74, 6) is 0.191. The van der Waals surface area contributed by atoms with E-state index in [9.17, 15) is 4.79 Å². The van der Waals surface area contributed by atoms with Crippen molar-refractivity contribution < 1.29 is 4.79 Å². The van der Waals surface area contributed by atoms with Crippen LogP contribution in [0, 0.1) is 0 Å². The minimum absolute atomic E-state index is 0.191. The molecule has 0 bridgehead atoms. The number of carbonyl (C=O) groups is 1. The Morgan fingerprint density at radius 2 is 2.00 bits per heavy atom. The molecule has 1 atom stereocenters. The first-order chi connectivity index (χ1) is 12.2. The van der Waals surface area contributed by atoms with Crippen LogP contribution in [0.5, 0.6) is 0 Å². The minimum atomic E-state index is 0.191. The van der Waals surface area contributed by atoms with Crippen LogP contribution in [0.1, 0.15) is 37.1 Å². The molecule has 3 heterocycles. The number of H-pyrrole nitrogens is 1. The van der Waals surface area contributed by atoms with Gasteiger partial charge in [-0.05, 0) is 37.4 Å². The lowest BCUT2D eigenvalue weighted by Gasteiger charge is -2.36. The van der Waals surface area contributed by atoms with Crippen molar-refractivity contribution in [3.8, 4) is 0 Å². The Morgan fingerprint density at radius 1 is 1.20 bits per heavy atom. The van der Waals surface area contributed by atoms with E-state index in [2.05, 4.69) is 44.4 Å². The molecule has 134 valence electrons. The first-order valence-electron chi connectivity index (χ1n) is 9.54. The van der Waals surface area contributed by atoms with Gasteiger partial charge in [-0.1, -0.05) is 18.2 Å². The number of carbonyl (C=O) groups excluding carboxylic acids is 1. The van der Waals surface area contributed by atoms with Crippen molar-refractivity contribution in [2.45, 2.75) is 32.2 Å². The Morgan fingerprint density at radius 3 is 2.80 bits per heavy atom. The molecule has 1 fully saturated rings. The number of hydrogen-bond donors (Lipinski definition) is 2. The van der Waals surface area contributed by atoms with Crippen molar-refractivity contribution in [3.05, 3.63) is 35.5 Å². The van der Waals surface area contributed by atoms with Gasteiger partial charge in [0.15, 0.2) is 0 Å². The lowest BCUT2D eigenvalue weighted by molar-refractivity contribution is -0.132. The van der Waals surface area contributed by atoms with E-state index in [0.717, 1.165) is 58.5 Å².